The molecule has 0 fully saturated rings. The predicted octanol–water partition coefficient (Wildman–Crippen LogP) is 3.43. The second kappa shape index (κ2) is 6.34. The first-order chi connectivity index (χ1) is 9.22. The van der Waals surface area contributed by atoms with Crippen LogP contribution in [0.4, 0.5) is 4.39 Å². The number of rotatable bonds is 5. The smallest absolute Gasteiger partial charge is 0.129 e. The van der Waals surface area contributed by atoms with Gasteiger partial charge in [0.2, 0.25) is 0 Å². The van der Waals surface area contributed by atoms with Gasteiger partial charge in [0, 0.05) is 12.1 Å². The summed E-state index contributed by atoms with van der Waals surface area (Å²) in [4.78, 5) is 0. The summed E-state index contributed by atoms with van der Waals surface area (Å²) in [7, 11) is 0. The van der Waals surface area contributed by atoms with Crippen LogP contribution >= 0.6 is 0 Å². The SMILES string of the molecule is CCc1ccc(OCc2cc(CN)ccc2F)cc1. The third kappa shape index (κ3) is 3.55. The fourth-order valence-electron chi connectivity index (χ4n) is 1.85. The summed E-state index contributed by atoms with van der Waals surface area (Å²) < 4.78 is 19.2. The molecule has 2 N–H and O–H groups in total. The van der Waals surface area contributed by atoms with Gasteiger partial charge in [0.25, 0.3) is 0 Å². The van der Waals surface area contributed by atoms with Gasteiger partial charge in [0.15, 0.2) is 0 Å². The quantitative estimate of drug-likeness (QED) is 0.893. The van der Waals surface area contributed by atoms with Gasteiger partial charge >= 0.3 is 0 Å². The summed E-state index contributed by atoms with van der Waals surface area (Å²) in [5, 5.41) is 0. The van der Waals surface area contributed by atoms with E-state index in [9.17, 15) is 4.39 Å². The van der Waals surface area contributed by atoms with Crippen LogP contribution in [0.5, 0.6) is 5.75 Å². The van der Waals surface area contributed by atoms with Crippen molar-refractivity contribution >= 4 is 0 Å². The van der Waals surface area contributed by atoms with E-state index in [0.717, 1.165) is 17.7 Å². The third-order valence-corrected chi connectivity index (χ3v) is 3.07. The van der Waals surface area contributed by atoms with Crippen molar-refractivity contribution in [2.45, 2.75) is 26.5 Å². The monoisotopic (exact) mass is 259 g/mol. The van der Waals surface area contributed by atoms with E-state index in [4.69, 9.17) is 10.5 Å². The maximum atomic E-state index is 13.6. The molecule has 2 aromatic carbocycles. The summed E-state index contributed by atoms with van der Waals surface area (Å²) in [6, 6.07) is 12.7. The van der Waals surface area contributed by atoms with Gasteiger partial charge in [-0.3, -0.25) is 0 Å². The van der Waals surface area contributed by atoms with Crippen molar-refractivity contribution in [1.29, 1.82) is 0 Å². The average molecular weight is 259 g/mol. The van der Waals surface area contributed by atoms with Crippen LogP contribution in [0.25, 0.3) is 0 Å². The summed E-state index contributed by atoms with van der Waals surface area (Å²) in [6.45, 7) is 2.72. The molecule has 100 valence electrons. The molecule has 0 atom stereocenters. The van der Waals surface area contributed by atoms with Crippen LogP contribution in [-0.4, -0.2) is 0 Å². The number of halogens is 1. The van der Waals surface area contributed by atoms with E-state index in [1.807, 2.05) is 24.3 Å². The van der Waals surface area contributed by atoms with E-state index >= 15 is 0 Å². The molecule has 0 amide bonds. The molecule has 0 saturated carbocycles. The highest BCUT2D eigenvalue weighted by Gasteiger charge is 2.04. The van der Waals surface area contributed by atoms with Crippen LogP contribution in [0, 0.1) is 5.82 Å². The van der Waals surface area contributed by atoms with Gasteiger partial charge in [0.05, 0.1) is 0 Å². The van der Waals surface area contributed by atoms with E-state index in [0.29, 0.717) is 12.1 Å². The van der Waals surface area contributed by atoms with Gasteiger partial charge in [-0.1, -0.05) is 25.1 Å². The largest absolute Gasteiger partial charge is 0.489 e. The van der Waals surface area contributed by atoms with Crippen LogP contribution in [0.2, 0.25) is 0 Å². The lowest BCUT2D eigenvalue weighted by Gasteiger charge is -2.09. The molecule has 0 heterocycles. The van der Waals surface area contributed by atoms with Crippen LogP contribution in [0.1, 0.15) is 23.6 Å². The van der Waals surface area contributed by atoms with E-state index in [1.165, 1.54) is 11.6 Å². The zero-order chi connectivity index (χ0) is 13.7. The van der Waals surface area contributed by atoms with Crippen molar-refractivity contribution in [3.63, 3.8) is 0 Å². The standard InChI is InChI=1S/C16H18FNO/c1-2-12-3-6-15(7-4-12)19-11-14-9-13(10-18)5-8-16(14)17/h3-9H,2,10-11,18H2,1H3. The Kier molecular flexibility index (Phi) is 4.53. The Balaban J connectivity index is 2.05. The molecule has 2 rings (SSSR count). The number of benzene rings is 2. The highest BCUT2D eigenvalue weighted by molar-refractivity contribution is 5.29. The summed E-state index contributed by atoms with van der Waals surface area (Å²) >= 11 is 0. The Morgan fingerprint density at radius 2 is 1.74 bits per heavy atom. The number of nitrogens with two attached hydrogens (primary N) is 1. The van der Waals surface area contributed by atoms with Crippen molar-refractivity contribution in [2.75, 3.05) is 0 Å². The minimum Gasteiger partial charge on any atom is -0.489 e. The molecule has 0 aliphatic carbocycles. The van der Waals surface area contributed by atoms with Gasteiger partial charge in [-0.25, -0.2) is 4.39 Å². The summed E-state index contributed by atoms with van der Waals surface area (Å²) in [6.07, 6.45) is 0.994. The Labute approximate surface area is 113 Å². The number of ether oxygens (including phenoxy) is 1. The topological polar surface area (TPSA) is 35.2 Å². The molecule has 0 bridgehead atoms. The van der Waals surface area contributed by atoms with Crippen molar-refractivity contribution < 1.29 is 9.13 Å². The lowest BCUT2D eigenvalue weighted by atomic mass is 10.1. The molecular weight excluding hydrogens is 241 g/mol. The molecule has 0 spiro atoms. The Hall–Kier alpha value is -1.87. The molecule has 0 unspecified atom stereocenters. The van der Waals surface area contributed by atoms with Gasteiger partial charge < -0.3 is 10.5 Å². The Bertz CT molecular complexity index is 537. The third-order valence-electron chi connectivity index (χ3n) is 3.07. The minimum absolute atomic E-state index is 0.213. The normalized spacial score (nSPS) is 10.5. The molecule has 2 nitrogen and oxygen atoms in total. The zero-order valence-corrected chi connectivity index (χ0v) is 11.0. The highest BCUT2D eigenvalue weighted by atomic mass is 19.1. The lowest BCUT2D eigenvalue weighted by molar-refractivity contribution is 0.299. The number of hydrogen-bond acceptors (Lipinski definition) is 2. The molecule has 2 aromatic rings. The second-order valence-corrected chi connectivity index (χ2v) is 4.42. The van der Waals surface area contributed by atoms with Gasteiger partial charge in [0.1, 0.15) is 18.2 Å². The predicted molar refractivity (Wildman–Crippen MR) is 74.4 cm³/mol. The molecule has 0 aromatic heterocycles. The minimum atomic E-state index is -0.262. The molecule has 3 heteroatoms. The molecule has 19 heavy (non-hydrogen) atoms. The molecule has 0 saturated heterocycles. The molecular formula is C16H18FNO. The Morgan fingerprint density at radius 1 is 1.05 bits per heavy atom. The summed E-state index contributed by atoms with van der Waals surface area (Å²) in [5.74, 6) is 0.483. The van der Waals surface area contributed by atoms with Crippen LogP contribution < -0.4 is 10.5 Å². The van der Waals surface area contributed by atoms with Crippen molar-refractivity contribution in [2.24, 2.45) is 5.73 Å². The van der Waals surface area contributed by atoms with Gasteiger partial charge in [-0.15, -0.1) is 0 Å². The van der Waals surface area contributed by atoms with Crippen molar-refractivity contribution in [3.8, 4) is 5.75 Å². The van der Waals surface area contributed by atoms with Crippen molar-refractivity contribution in [1.82, 2.24) is 0 Å². The van der Waals surface area contributed by atoms with Gasteiger partial charge in [-0.2, -0.15) is 0 Å². The highest BCUT2D eigenvalue weighted by Crippen LogP contribution is 2.16. The maximum absolute atomic E-state index is 13.6. The number of hydrogen-bond donors (Lipinski definition) is 1. The first-order valence-corrected chi connectivity index (χ1v) is 6.42. The fourth-order valence-corrected chi connectivity index (χ4v) is 1.85. The van der Waals surface area contributed by atoms with Crippen LogP contribution in [0.3, 0.4) is 0 Å². The van der Waals surface area contributed by atoms with Gasteiger partial charge in [-0.05, 0) is 41.8 Å². The molecule has 0 radical (unpaired) electrons. The number of aryl methyl sites for hydroxylation is 1. The first-order valence-electron chi connectivity index (χ1n) is 6.42. The fraction of sp³-hybridized carbons (Fsp3) is 0.250. The first kappa shape index (κ1) is 13.6. The summed E-state index contributed by atoms with van der Waals surface area (Å²) in [5.41, 5.74) is 8.23. The molecule has 0 aliphatic rings. The van der Waals surface area contributed by atoms with Crippen LogP contribution in [-0.2, 0) is 19.6 Å². The maximum Gasteiger partial charge on any atom is 0.129 e. The average Bonchev–Trinajstić information content (AvgIpc) is 2.47. The Morgan fingerprint density at radius 3 is 2.37 bits per heavy atom. The zero-order valence-electron chi connectivity index (χ0n) is 11.0. The molecule has 0 aliphatic heterocycles. The lowest BCUT2D eigenvalue weighted by Crippen LogP contribution is -2.02. The second-order valence-electron chi connectivity index (χ2n) is 4.42. The van der Waals surface area contributed by atoms with Crippen LogP contribution in [0.15, 0.2) is 42.5 Å². The van der Waals surface area contributed by atoms with E-state index in [1.54, 1.807) is 12.1 Å². The van der Waals surface area contributed by atoms with E-state index in [-0.39, 0.29) is 12.4 Å². The van der Waals surface area contributed by atoms with E-state index in [2.05, 4.69) is 6.92 Å². The van der Waals surface area contributed by atoms with Crippen molar-refractivity contribution in [3.05, 3.63) is 65.0 Å². The van der Waals surface area contributed by atoms with E-state index < -0.39 is 0 Å².